The normalized spacial score (nSPS) is 28.6. The minimum atomic E-state index is -1.14. The molecule has 3 fully saturated rings. The second kappa shape index (κ2) is 12.5. The molecule has 0 saturated carbocycles. The maximum absolute atomic E-state index is 14.5. The maximum Gasteiger partial charge on any atom is 0.312 e. The van der Waals surface area contributed by atoms with Crippen molar-refractivity contribution in [2.45, 2.75) is 76.3 Å². The lowest BCUT2D eigenvalue weighted by atomic mass is 9.70. The number of carbonyl (C=O) groups excluding carboxylic acids is 3. The predicted octanol–water partition coefficient (Wildman–Crippen LogP) is 3.49. The van der Waals surface area contributed by atoms with Crippen LogP contribution in [0.4, 0.5) is 0 Å². The van der Waals surface area contributed by atoms with Crippen LogP contribution in [0.15, 0.2) is 55.6 Å². The number of nitrogens with zero attached hydrogens (tertiary/aromatic N) is 2. The zero-order chi connectivity index (χ0) is 28.2. The maximum atomic E-state index is 14.5. The van der Waals surface area contributed by atoms with E-state index in [4.69, 9.17) is 9.47 Å². The van der Waals surface area contributed by atoms with Crippen molar-refractivity contribution in [2.75, 3.05) is 19.8 Å². The number of esters is 1. The third-order valence-corrected chi connectivity index (χ3v) is 8.76. The number of hydrogen-bond acceptors (Lipinski definition) is 6. The molecule has 2 amide bonds. The number of hydrogen-bond donors (Lipinski definition) is 1. The van der Waals surface area contributed by atoms with Gasteiger partial charge in [0, 0.05) is 13.1 Å². The molecule has 8 nitrogen and oxygen atoms in total. The molecule has 2 unspecified atom stereocenters. The van der Waals surface area contributed by atoms with Crippen molar-refractivity contribution in [1.82, 2.24) is 9.80 Å². The van der Waals surface area contributed by atoms with Crippen molar-refractivity contribution in [3.05, 3.63) is 61.2 Å². The van der Waals surface area contributed by atoms with E-state index in [0.717, 1.165) is 12.0 Å². The fourth-order valence-corrected chi connectivity index (χ4v) is 6.67. The molecule has 1 N–H and O–H groups in total. The van der Waals surface area contributed by atoms with Gasteiger partial charge in [-0.3, -0.25) is 14.4 Å². The fraction of sp³-hybridized carbons (Fsp3) is 0.581. The first kappa shape index (κ1) is 29.0. The molecular weight excluding hydrogens is 496 g/mol. The molecule has 0 radical (unpaired) electrons. The lowest BCUT2D eigenvalue weighted by Crippen LogP contribution is -2.59. The number of ether oxygens (including phenoxy) is 2. The van der Waals surface area contributed by atoms with E-state index in [0.29, 0.717) is 38.8 Å². The number of fused-ring (bicyclic) bond motifs is 1. The van der Waals surface area contributed by atoms with Crippen LogP contribution in [0.2, 0.25) is 0 Å². The monoisotopic (exact) mass is 538 g/mol. The van der Waals surface area contributed by atoms with E-state index in [1.807, 2.05) is 44.2 Å². The topological polar surface area (TPSA) is 96.4 Å². The number of likely N-dealkylation sites (tertiary alicyclic amines) is 1. The van der Waals surface area contributed by atoms with Gasteiger partial charge >= 0.3 is 5.97 Å². The molecular formula is C31H42N2O6. The number of unbranched alkanes of at least 4 members (excludes halogenated alkanes) is 1. The first-order valence-corrected chi connectivity index (χ1v) is 14.2. The Bertz CT molecular complexity index is 1060. The fourth-order valence-electron chi connectivity index (χ4n) is 6.67. The molecule has 2 bridgehead atoms. The van der Waals surface area contributed by atoms with Gasteiger partial charge in [0.1, 0.15) is 11.6 Å². The first-order chi connectivity index (χ1) is 18.8. The van der Waals surface area contributed by atoms with Gasteiger partial charge in [-0.25, -0.2) is 0 Å². The Morgan fingerprint density at radius 3 is 2.67 bits per heavy atom. The summed E-state index contributed by atoms with van der Waals surface area (Å²) in [5.41, 5.74) is -0.184. The molecule has 3 saturated heterocycles. The molecule has 3 aliphatic rings. The predicted molar refractivity (Wildman–Crippen MR) is 147 cm³/mol. The first-order valence-electron chi connectivity index (χ1n) is 14.2. The third kappa shape index (κ3) is 5.29. The van der Waals surface area contributed by atoms with Crippen LogP contribution in [-0.4, -0.2) is 76.2 Å². The molecule has 1 aromatic carbocycles. The highest BCUT2D eigenvalue weighted by atomic mass is 16.6. The van der Waals surface area contributed by atoms with Crippen molar-refractivity contribution in [1.29, 1.82) is 0 Å². The number of aliphatic hydroxyl groups excluding tert-OH is 1. The van der Waals surface area contributed by atoms with Gasteiger partial charge in [0.25, 0.3) is 0 Å². The van der Waals surface area contributed by atoms with E-state index < -0.39 is 41.6 Å². The molecule has 1 aromatic rings. The lowest BCUT2D eigenvalue weighted by molar-refractivity contribution is -0.157. The van der Waals surface area contributed by atoms with Crippen molar-refractivity contribution in [2.24, 2.45) is 17.8 Å². The Kier molecular flexibility index (Phi) is 9.28. The number of amides is 2. The van der Waals surface area contributed by atoms with Crippen molar-refractivity contribution >= 4 is 17.8 Å². The van der Waals surface area contributed by atoms with E-state index in [9.17, 15) is 19.5 Å². The lowest BCUT2D eigenvalue weighted by Gasteiger charge is -2.41. The number of rotatable bonds is 14. The van der Waals surface area contributed by atoms with Crippen molar-refractivity contribution in [3.63, 3.8) is 0 Å². The van der Waals surface area contributed by atoms with Gasteiger partial charge in [0.05, 0.1) is 37.2 Å². The molecule has 8 heteroatoms. The van der Waals surface area contributed by atoms with Crippen LogP contribution in [0.1, 0.15) is 51.5 Å². The van der Waals surface area contributed by atoms with Gasteiger partial charge in [0.2, 0.25) is 11.8 Å². The summed E-state index contributed by atoms with van der Waals surface area (Å²) >= 11 is 0. The Morgan fingerprint density at radius 1 is 1.28 bits per heavy atom. The molecule has 0 aromatic heterocycles. The molecule has 7 atom stereocenters. The van der Waals surface area contributed by atoms with Crippen LogP contribution in [-0.2, 0) is 30.4 Å². The Balaban J connectivity index is 1.72. The molecule has 3 heterocycles. The average molecular weight is 539 g/mol. The number of allylic oxidation sites excluding steroid dienone is 1. The van der Waals surface area contributed by atoms with Gasteiger partial charge in [0.15, 0.2) is 0 Å². The van der Waals surface area contributed by atoms with E-state index in [2.05, 4.69) is 13.2 Å². The van der Waals surface area contributed by atoms with E-state index in [-0.39, 0.29) is 30.9 Å². The molecule has 212 valence electrons. The summed E-state index contributed by atoms with van der Waals surface area (Å²) in [6, 6.07) is 8.14. The molecule has 39 heavy (non-hydrogen) atoms. The van der Waals surface area contributed by atoms with E-state index in [1.165, 1.54) is 0 Å². The summed E-state index contributed by atoms with van der Waals surface area (Å²) in [5, 5.41) is 10.5. The highest BCUT2D eigenvalue weighted by molar-refractivity contribution is 5.98. The number of carbonyl (C=O) groups is 3. The van der Waals surface area contributed by atoms with Crippen molar-refractivity contribution in [3.8, 4) is 0 Å². The average Bonchev–Trinajstić information content (AvgIpc) is 3.59. The van der Waals surface area contributed by atoms with Gasteiger partial charge in [-0.15, -0.1) is 13.2 Å². The second-order valence-corrected chi connectivity index (χ2v) is 11.0. The summed E-state index contributed by atoms with van der Waals surface area (Å²) in [4.78, 5) is 45.3. The van der Waals surface area contributed by atoms with Gasteiger partial charge < -0.3 is 24.4 Å². The van der Waals surface area contributed by atoms with Crippen molar-refractivity contribution < 1.29 is 29.0 Å². The standard InChI is InChI=1S/C31H42N2O6/c1-5-8-12-18-38-30(37)25-24-15-16-31(39-24)26(25)28(35)33(23(20-34)21(4)7-3)27(31)29(36)32(17-6-2)19-22-13-10-9-11-14-22/h5-6,9-11,13-14,21,23-27,34H,1-2,7-8,12,15-20H2,3-4H3/t21-,23-,24+,25-,26-,27?,31?/m0/s1. The molecule has 1 spiro atoms. The smallest absolute Gasteiger partial charge is 0.312 e. The van der Waals surface area contributed by atoms with Crippen LogP contribution in [0.5, 0.6) is 0 Å². The third-order valence-electron chi connectivity index (χ3n) is 8.76. The Hall–Kier alpha value is -2.97. The van der Waals surface area contributed by atoms with Crippen LogP contribution in [0.25, 0.3) is 0 Å². The summed E-state index contributed by atoms with van der Waals surface area (Å²) in [6.07, 6.45) is 6.13. The Morgan fingerprint density at radius 2 is 2.03 bits per heavy atom. The quantitative estimate of drug-likeness (QED) is 0.221. The van der Waals surface area contributed by atoms with Crippen LogP contribution >= 0.6 is 0 Å². The Labute approximate surface area is 231 Å². The summed E-state index contributed by atoms with van der Waals surface area (Å²) in [5.74, 6) is -2.66. The second-order valence-electron chi connectivity index (χ2n) is 11.0. The minimum absolute atomic E-state index is 0.0621. The van der Waals surface area contributed by atoms with Gasteiger partial charge in [-0.2, -0.15) is 0 Å². The summed E-state index contributed by atoms with van der Waals surface area (Å²) in [6.45, 7) is 12.1. The van der Waals surface area contributed by atoms with E-state index >= 15 is 0 Å². The molecule has 3 aliphatic heterocycles. The molecule has 0 aliphatic carbocycles. The van der Waals surface area contributed by atoms with Crippen LogP contribution in [0, 0.1) is 17.8 Å². The highest BCUT2D eigenvalue weighted by Crippen LogP contribution is 2.59. The van der Waals surface area contributed by atoms with Crippen LogP contribution in [0.3, 0.4) is 0 Å². The summed E-state index contributed by atoms with van der Waals surface area (Å²) in [7, 11) is 0. The van der Waals surface area contributed by atoms with E-state index in [1.54, 1.807) is 22.0 Å². The minimum Gasteiger partial charge on any atom is -0.465 e. The number of benzene rings is 1. The zero-order valence-corrected chi connectivity index (χ0v) is 23.2. The van der Waals surface area contributed by atoms with Gasteiger partial charge in [-0.05, 0) is 37.2 Å². The summed E-state index contributed by atoms with van der Waals surface area (Å²) < 4.78 is 12.1. The van der Waals surface area contributed by atoms with Gasteiger partial charge in [-0.1, -0.05) is 62.8 Å². The zero-order valence-electron chi connectivity index (χ0n) is 23.2. The largest absolute Gasteiger partial charge is 0.465 e. The van der Waals surface area contributed by atoms with Crippen LogP contribution < -0.4 is 0 Å². The SMILES string of the molecule is C=CCCCOC(=O)[C@@H]1[C@H]2C(=O)N([C@@H](CO)[C@@H](C)CC)C(C(=O)N(CC=C)Cc3ccccc3)C23CC[C@H]1O3. The molecule has 4 rings (SSSR count). The highest BCUT2D eigenvalue weighted by Gasteiger charge is 2.75. The number of aliphatic hydroxyl groups is 1.